The van der Waals surface area contributed by atoms with E-state index < -0.39 is 0 Å². The second kappa shape index (κ2) is 4.23. The molecule has 44 valence electrons. The van der Waals surface area contributed by atoms with Gasteiger partial charge in [0.25, 0.3) is 0 Å². The Hall–Kier alpha value is -0.940. The van der Waals surface area contributed by atoms with Gasteiger partial charge in [-0.3, -0.25) is 0 Å². The molecule has 0 saturated carbocycles. The zero-order valence-electron chi connectivity index (χ0n) is 5.31. The van der Waals surface area contributed by atoms with E-state index in [0.29, 0.717) is 0 Å². The Kier molecular flexibility index (Phi) is 3.73. The first-order valence-electron chi connectivity index (χ1n) is 2.60. The van der Waals surface area contributed by atoms with Crippen LogP contribution in [0, 0.1) is 0 Å². The SMILES string of the molecule is CC=C=C/C(N)=C\C. The molecule has 0 aliphatic carbocycles. The van der Waals surface area contributed by atoms with E-state index in [0.717, 1.165) is 5.70 Å². The van der Waals surface area contributed by atoms with Gasteiger partial charge in [0.1, 0.15) is 0 Å². The zero-order chi connectivity index (χ0) is 6.41. The fourth-order valence-corrected chi connectivity index (χ4v) is 0.263. The number of nitrogens with two attached hydrogens (primary N) is 1. The third-order valence-corrected chi connectivity index (χ3v) is 0.750. The van der Waals surface area contributed by atoms with Gasteiger partial charge in [-0.1, -0.05) is 6.08 Å². The zero-order valence-corrected chi connectivity index (χ0v) is 5.31. The highest BCUT2D eigenvalue weighted by Crippen LogP contribution is 1.81. The predicted octanol–water partition coefficient (Wildman–Crippen LogP) is 1.58. The van der Waals surface area contributed by atoms with E-state index in [1.807, 2.05) is 26.0 Å². The average molecular weight is 109 g/mol. The van der Waals surface area contributed by atoms with Crippen LogP contribution in [0.5, 0.6) is 0 Å². The van der Waals surface area contributed by atoms with Crippen LogP contribution in [0.15, 0.2) is 29.7 Å². The van der Waals surface area contributed by atoms with Crippen molar-refractivity contribution in [2.24, 2.45) is 5.73 Å². The maximum atomic E-state index is 5.38. The van der Waals surface area contributed by atoms with Gasteiger partial charge in [-0.2, -0.15) is 0 Å². The quantitative estimate of drug-likeness (QED) is 0.401. The fraction of sp³-hybridized carbons (Fsp3) is 0.286. The van der Waals surface area contributed by atoms with E-state index in [1.165, 1.54) is 0 Å². The van der Waals surface area contributed by atoms with Crippen molar-refractivity contribution >= 4 is 0 Å². The Bertz CT molecular complexity index is 136. The van der Waals surface area contributed by atoms with Crippen LogP contribution >= 0.6 is 0 Å². The second-order valence-corrected chi connectivity index (χ2v) is 1.39. The Morgan fingerprint density at radius 3 is 2.50 bits per heavy atom. The maximum Gasteiger partial charge on any atom is 0.0348 e. The van der Waals surface area contributed by atoms with Gasteiger partial charge in [0.05, 0.1) is 0 Å². The lowest BCUT2D eigenvalue weighted by molar-refractivity contribution is 1.40. The van der Waals surface area contributed by atoms with Gasteiger partial charge in [-0.05, 0) is 19.9 Å². The van der Waals surface area contributed by atoms with E-state index in [1.54, 1.807) is 6.08 Å². The van der Waals surface area contributed by atoms with E-state index in [2.05, 4.69) is 5.73 Å². The molecule has 2 N–H and O–H groups in total. The van der Waals surface area contributed by atoms with Gasteiger partial charge < -0.3 is 5.73 Å². The molecule has 0 aliphatic heterocycles. The van der Waals surface area contributed by atoms with E-state index in [9.17, 15) is 0 Å². The monoisotopic (exact) mass is 109 g/mol. The summed E-state index contributed by atoms with van der Waals surface area (Å²) < 4.78 is 0. The summed E-state index contributed by atoms with van der Waals surface area (Å²) in [6.45, 7) is 3.79. The van der Waals surface area contributed by atoms with E-state index in [4.69, 9.17) is 5.73 Å². The maximum absolute atomic E-state index is 5.38. The van der Waals surface area contributed by atoms with Crippen molar-refractivity contribution in [3.05, 3.63) is 29.7 Å². The molecule has 0 aromatic rings. The Morgan fingerprint density at radius 1 is 1.50 bits per heavy atom. The second-order valence-electron chi connectivity index (χ2n) is 1.39. The molecule has 0 bridgehead atoms. The van der Waals surface area contributed by atoms with Crippen LogP contribution in [0.25, 0.3) is 0 Å². The van der Waals surface area contributed by atoms with Crippen molar-refractivity contribution < 1.29 is 0 Å². The van der Waals surface area contributed by atoms with Gasteiger partial charge in [-0.25, -0.2) is 0 Å². The summed E-state index contributed by atoms with van der Waals surface area (Å²) in [5, 5.41) is 0. The first-order chi connectivity index (χ1) is 3.81. The summed E-state index contributed by atoms with van der Waals surface area (Å²) in [6.07, 6.45) is 5.38. The normalized spacial score (nSPS) is 10.0. The molecule has 0 radical (unpaired) electrons. The summed E-state index contributed by atoms with van der Waals surface area (Å²) in [6, 6.07) is 0. The smallest absolute Gasteiger partial charge is 0.0348 e. The van der Waals surface area contributed by atoms with Crippen molar-refractivity contribution in [2.45, 2.75) is 13.8 Å². The highest BCUT2D eigenvalue weighted by atomic mass is 14.5. The number of rotatable bonds is 1. The van der Waals surface area contributed by atoms with Crippen LogP contribution in [-0.2, 0) is 0 Å². The van der Waals surface area contributed by atoms with Crippen molar-refractivity contribution in [1.82, 2.24) is 0 Å². The number of hydrogen-bond donors (Lipinski definition) is 1. The van der Waals surface area contributed by atoms with Crippen LogP contribution in [0.2, 0.25) is 0 Å². The minimum atomic E-state index is 0.753. The predicted molar refractivity (Wildman–Crippen MR) is 36.3 cm³/mol. The Balaban J connectivity index is 3.90. The standard InChI is InChI=1S/C7H11N/c1-3-5-6-7(8)4-2/h3-4,6H,8H2,1-2H3/b7-4+. The van der Waals surface area contributed by atoms with E-state index in [-0.39, 0.29) is 0 Å². The molecule has 8 heavy (non-hydrogen) atoms. The molecule has 0 aromatic heterocycles. The molecule has 0 fully saturated rings. The first kappa shape index (κ1) is 7.06. The highest BCUT2D eigenvalue weighted by Gasteiger charge is 1.69. The minimum absolute atomic E-state index is 0.753. The van der Waals surface area contributed by atoms with Gasteiger partial charge in [-0.15, -0.1) is 5.73 Å². The molecule has 1 heteroatoms. The fourth-order valence-electron chi connectivity index (χ4n) is 0.263. The lowest BCUT2D eigenvalue weighted by Crippen LogP contribution is -1.89. The summed E-state index contributed by atoms with van der Waals surface area (Å²) in [7, 11) is 0. The number of hydrogen-bond acceptors (Lipinski definition) is 1. The van der Waals surface area contributed by atoms with Crippen molar-refractivity contribution in [1.29, 1.82) is 0 Å². The number of allylic oxidation sites excluding steroid dienone is 2. The van der Waals surface area contributed by atoms with Gasteiger partial charge in [0.2, 0.25) is 0 Å². The molecule has 0 saturated heterocycles. The third-order valence-electron chi connectivity index (χ3n) is 0.750. The molecule has 0 aliphatic rings. The lowest BCUT2D eigenvalue weighted by atomic mass is 10.4. The largest absolute Gasteiger partial charge is 0.398 e. The van der Waals surface area contributed by atoms with Gasteiger partial charge >= 0.3 is 0 Å². The summed E-state index contributed by atoms with van der Waals surface area (Å²) in [5.41, 5.74) is 8.99. The molecule has 0 amide bonds. The molecular formula is C7H11N. The molecule has 0 spiro atoms. The molecule has 0 atom stereocenters. The molecule has 0 unspecified atom stereocenters. The van der Waals surface area contributed by atoms with Crippen molar-refractivity contribution in [3.63, 3.8) is 0 Å². The Morgan fingerprint density at radius 2 is 2.12 bits per heavy atom. The summed E-state index contributed by atoms with van der Waals surface area (Å²) in [5.74, 6) is 0. The summed E-state index contributed by atoms with van der Waals surface area (Å²) >= 11 is 0. The highest BCUT2D eigenvalue weighted by molar-refractivity contribution is 5.12. The van der Waals surface area contributed by atoms with Crippen molar-refractivity contribution in [2.75, 3.05) is 0 Å². The molecular weight excluding hydrogens is 98.1 g/mol. The van der Waals surface area contributed by atoms with Crippen LogP contribution in [-0.4, -0.2) is 0 Å². The molecule has 1 nitrogen and oxygen atoms in total. The topological polar surface area (TPSA) is 26.0 Å². The van der Waals surface area contributed by atoms with Crippen LogP contribution < -0.4 is 5.73 Å². The minimum Gasteiger partial charge on any atom is -0.398 e. The Labute approximate surface area is 50.2 Å². The van der Waals surface area contributed by atoms with E-state index >= 15 is 0 Å². The van der Waals surface area contributed by atoms with Crippen molar-refractivity contribution in [3.8, 4) is 0 Å². The summed E-state index contributed by atoms with van der Waals surface area (Å²) in [4.78, 5) is 0. The van der Waals surface area contributed by atoms with Gasteiger partial charge in [0.15, 0.2) is 0 Å². The molecule has 0 heterocycles. The average Bonchev–Trinajstić information content (AvgIpc) is 1.83. The van der Waals surface area contributed by atoms with Crippen LogP contribution in [0.4, 0.5) is 0 Å². The van der Waals surface area contributed by atoms with Crippen LogP contribution in [0.3, 0.4) is 0 Å². The third kappa shape index (κ3) is 3.26. The first-order valence-corrected chi connectivity index (χ1v) is 2.60. The lowest BCUT2D eigenvalue weighted by Gasteiger charge is -1.81. The molecule has 0 aromatic carbocycles. The van der Waals surface area contributed by atoms with Crippen LogP contribution in [0.1, 0.15) is 13.8 Å². The van der Waals surface area contributed by atoms with Gasteiger partial charge in [0, 0.05) is 11.8 Å². The molecule has 0 rings (SSSR count).